The van der Waals surface area contributed by atoms with E-state index >= 15 is 0 Å². The van der Waals surface area contributed by atoms with Gasteiger partial charge in [-0.2, -0.15) is 13.2 Å². The molecule has 2 N–H and O–H groups in total. The molecule has 5 nitrogen and oxygen atoms in total. The lowest BCUT2D eigenvalue weighted by Gasteiger charge is -2.06. The molecule has 1 aliphatic heterocycles. The van der Waals surface area contributed by atoms with Crippen LogP contribution in [0.4, 0.5) is 18.9 Å². The van der Waals surface area contributed by atoms with E-state index in [2.05, 4.69) is 9.73 Å². The Balaban J connectivity index is 2.01. The number of alkyl halides is 3. The van der Waals surface area contributed by atoms with Crippen molar-refractivity contribution >= 4 is 34.5 Å². The van der Waals surface area contributed by atoms with Gasteiger partial charge in [-0.05, 0) is 36.4 Å². The van der Waals surface area contributed by atoms with Gasteiger partial charge in [0.15, 0.2) is 0 Å². The Morgan fingerprint density at radius 1 is 1.10 bits per heavy atom. The van der Waals surface area contributed by atoms with Gasteiger partial charge in [0, 0.05) is 5.56 Å². The maximum atomic E-state index is 12.7. The average Bonchev–Trinajstić information content (AvgIpc) is 2.97. The molecule has 0 radical (unpaired) electrons. The van der Waals surface area contributed by atoms with E-state index < -0.39 is 23.5 Å². The van der Waals surface area contributed by atoms with Crippen molar-refractivity contribution in [3.05, 3.63) is 75.9 Å². The normalized spacial score (nSPS) is 17.2. The van der Waals surface area contributed by atoms with Crippen LogP contribution >= 0.6 is 11.8 Å². The Hall–Kier alpha value is -3.20. The number of aliphatic hydroxyl groups excluding tert-OH is 1. The highest BCUT2D eigenvalue weighted by molar-refractivity contribution is 8.18. The number of hydrogen-bond donors (Lipinski definition) is 2. The van der Waals surface area contributed by atoms with Crippen molar-refractivity contribution in [2.24, 2.45) is 4.99 Å². The van der Waals surface area contributed by atoms with Gasteiger partial charge in [0.25, 0.3) is 0 Å². The Bertz CT molecular complexity index is 1040. The molecule has 150 valence electrons. The van der Waals surface area contributed by atoms with E-state index in [1.54, 1.807) is 18.2 Å². The minimum Gasteiger partial charge on any atom is -0.507 e. The average molecular weight is 421 g/mol. The van der Waals surface area contributed by atoms with Crippen LogP contribution in [0.2, 0.25) is 0 Å². The maximum Gasteiger partial charge on any atom is 0.416 e. The SMILES string of the molecule is COC(=O)C1=C(O)/C(=C\c2ccccc2O)SC1=Nc1ccc(C(F)(F)F)cc1. The summed E-state index contributed by atoms with van der Waals surface area (Å²) in [6.07, 6.45) is -3.01. The number of ether oxygens (including phenoxy) is 1. The minimum absolute atomic E-state index is 0.0267. The smallest absolute Gasteiger partial charge is 0.416 e. The zero-order chi connectivity index (χ0) is 21.2. The summed E-state index contributed by atoms with van der Waals surface area (Å²) in [5.41, 5.74) is -0.466. The highest BCUT2D eigenvalue weighted by Gasteiger charge is 2.33. The molecule has 2 aromatic carbocycles. The maximum absolute atomic E-state index is 12.7. The van der Waals surface area contributed by atoms with E-state index in [9.17, 15) is 28.2 Å². The van der Waals surface area contributed by atoms with Crippen molar-refractivity contribution < 1.29 is 32.9 Å². The van der Waals surface area contributed by atoms with Gasteiger partial charge in [-0.3, -0.25) is 0 Å². The number of phenolic OH excluding ortho intramolecular Hbond substituents is 1. The van der Waals surface area contributed by atoms with E-state index in [1.807, 2.05) is 0 Å². The number of halogens is 3. The van der Waals surface area contributed by atoms with Gasteiger partial charge in [0.05, 0.1) is 23.3 Å². The van der Waals surface area contributed by atoms with Crippen molar-refractivity contribution in [1.29, 1.82) is 0 Å². The van der Waals surface area contributed by atoms with Gasteiger partial charge in [-0.15, -0.1) is 0 Å². The van der Waals surface area contributed by atoms with Gasteiger partial charge in [0.1, 0.15) is 22.1 Å². The Kier molecular flexibility index (Phi) is 5.69. The molecule has 0 amide bonds. The highest BCUT2D eigenvalue weighted by atomic mass is 32.2. The van der Waals surface area contributed by atoms with Gasteiger partial charge in [0.2, 0.25) is 0 Å². The van der Waals surface area contributed by atoms with Crippen molar-refractivity contribution in [2.75, 3.05) is 7.11 Å². The number of benzene rings is 2. The van der Waals surface area contributed by atoms with Crippen molar-refractivity contribution in [3.8, 4) is 5.75 Å². The number of methoxy groups -OCH3 is 1. The van der Waals surface area contributed by atoms with E-state index in [4.69, 9.17) is 0 Å². The number of aliphatic imine (C=N–C) groups is 1. The number of aliphatic hydroxyl groups is 1. The Labute approximate surface area is 167 Å². The third-order valence-electron chi connectivity index (χ3n) is 3.93. The van der Waals surface area contributed by atoms with Crippen LogP contribution in [0.15, 0.2) is 69.8 Å². The number of esters is 1. The lowest BCUT2D eigenvalue weighted by atomic mass is 10.1. The lowest BCUT2D eigenvalue weighted by molar-refractivity contribution is -0.137. The molecular weight excluding hydrogens is 407 g/mol. The summed E-state index contributed by atoms with van der Waals surface area (Å²) in [4.78, 5) is 16.5. The zero-order valence-electron chi connectivity index (χ0n) is 14.9. The molecule has 0 aromatic heterocycles. The standard InChI is InChI=1S/C20H14F3NO4S/c1-28-19(27)16-17(26)15(10-11-4-2-3-5-14(11)25)29-18(16)24-13-8-6-12(7-9-13)20(21,22)23/h2-10,25-26H,1H3/b15-10+,24-18?. The van der Waals surface area contributed by atoms with Crippen molar-refractivity contribution in [1.82, 2.24) is 0 Å². The fourth-order valence-electron chi connectivity index (χ4n) is 2.48. The molecule has 0 aliphatic carbocycles. The van der Waals surface area contributed by atoms with Crippen LogP contribution < -0.4 is 0 Å². The van der Waals surface area contributed by atoms with Crippen molar-refractivity contribution in [2.45, 2.75) is 6.18 Å². The number of nitrogens with zero attached hydrogens (tertiary/aromatic N) is 1. The fraction of sp³-hybridized carbons (Fsp3) is 0.100. The molecule has 3 rings (SSSR count). The number of rotatable bonds is 3. The second-order valence-electron chi connectivity index (χ2n) is 5.85. The largest absolute Gasteiger partial charge is 0.507 e. The number of phenols is 1. The zero-order valence-corrected chi connectivity index (χ0v) is 15.7. The second-order valence-corrected chi connectivity index (χ2v) is 6.88. The first-order valence-electron chi connectivity index (χ1n) is 8.16. The molecule has 0 saturated heterocycles. The first kappa shape index (κ1) is 20.5. The number of hydrogen-bond acceptors (Lipinski definition) is 6. The predicted molar refractivity (Wildman–Crippen MR) is 104 cm³/mol. The molecule has 1 aliphatic rings. The minimum atomic E-state index is -4.48. The number of carbonyl (C=O) groups excluding carboxylic acids is 1. The Morgan fingerprint density at radius 3 is 2.34 bits per heavy atom. The fourth-order valence-corrected chi connectivity index (χ4v) is 3.51. The molecule has 0 spiro atoms. The highest BCUT2D eigenvalue weighted by Crippen LogP contribution is 2.41. The van der Waals surface area contributed by atoms with E-state index in [0.29, 0.717) is 5.56 Å². The molecule has 9 heteroatoms. The summed E-state index contributed by atoms with van der Waals surface area (Å²) in [5.74, 6) is -1.27. The summed E-state index contributed by atoms with van der Waals surface area (Å²) in [6, 6.07) is 10.5. The predicted octanol–water partition coefficient (Wildman–Crippen LogP) is 5.21. The number of para-hydroxylation sites is 1. The molecule has 0 atom stereocenters. The van der Waals surface area contributed by atoms with Gasteiger partial charge in [-0.25, -0.2) is 9.79 Å². The number of aromatic hydroxyl groups is 1. The third kappa shape index (κ3) is 4.45. The monoisotopic (exact) mass is 421 g/mol. The molecule has 29 heavy (non-hydrogen) atoms. The first-order valence-corrected chi connectivity index (χ1v) is 8.98. The molecule has 0 fully saturated rings. The first-order chi connectivity index (χ1) is 13.7. The molecule has 1 heterocycles. The second kappa shape index (κ2) is 8.04. The van der Waals surface area contributed by atoms with Gasteiger partial charge >= 0.3 is 12.1 Å². The lowest BCUT2D eigenvalue weighted by Crippen LogP contribution is -2.10. The van der Waals surface area contributed by atoms with Crippen LogP contribution in [-0.4, -0.2) is 28.3 Å². The quantitative estimate of drug-likeness (QED) is 0.665. The molecule has 0 saturated carbocycles. The van der Waals surface area contributed by atoms with Crippen LogP contribution in [0, 0.1) is 0 Å². The van der Waals surface area contributed by atoms with Crippen LogP contribution in [0.3, 0.4) is 0 Å². The van der Waals surface area contributed by atoms with Crippen LogP contribution in [-0.2, 0) is 15.7 Å². The van der Waals surface area contributed by atoms with Crippen LogP contribution in [0.5, 0.6) is 5.75 Å². The van der Waals surface area contributed by atoms with E-state index in [-0.39, 0.29) is 27.0 Å². The molecular formula is C20H14F3NO4S. The van der Waals surface area contributed by atoms with Gasteiger partial charge < -0.3 is 14.9 Å². The molecule has 2 aromatic rings. The van der Waals surface area contributed by atoms with E-state index in [0.717, 1.165) is 43.1 Å². The summed E-state index contributed by atoms with van der Waals surface area (Å²) in [5, 5.41) is 20.5. The molecule has 0 bridgehead atoms. The number of carbonyl (C=O) groups is 1. The van der Waals surface area contributed by atoms with Crippen LogP contribution in [0.25, 0.3) is 6.08 Å². The topological polar surface area (TPSA) is 79.1 Å². The third-order valence-corrected chi connectivity index (χ3v) is 4.95. The summed E-state index contributed by atoms with van der Waals surface area (Å²) in [6.45, 7) is 0. The summed E-state index contributed by atoms with van der Waals surface area (Å²) >= 11 is 0.932. The molecule has 0 unspecified atom stereocenters. The van der Waals surface area contributed by atoms with Crippen molar-refractivity contribution in [3.63, 3.8) is 0 Å². The summed E-state index contributed by atoms with van der Waals surface area (Å²) < 4.78 is 42.8. The summed E-state index contributed by atoms with van der Waals surface area (Å²) in [7, 11) is 1.13. The Morgan fingerprint density at radius 2 is 1.76 bits per heavy atom. The van der Waals surface area contributed by atoms with Crippen LogP contribution in [0.1, 0.15) is 11.1 Å². The van der Waals surface area contributed by atoms with E-state index in [1.165, 1.54) is 12.1 Å². The van der Waals surface area contributed by atoms with Gasteiger partial charge in [-0.1, -0.05) is 30.0 Å². The number of thioether (sulfide) groups is 1.